The Morgan fingerprint density at radius 1 is 1.25 bits per heavy atom. The van der Waals surface area contributed by atoms with E-state index in [4.69, 9.17) is 0 Å². The summed E-state index contributed by atoms with van der Waals surface area (Å²) in [7, 11) is 0. The van der Waals surface area contributed by atoms with Crippen molar-refractivity contribution >= 4 is 17.7 Å². The number of amides is 1. The minimum atomic E-state index is -0.206. The monoisotopic (exact) mass is 346 g/mol. The van der Waals surface area contributed by atoms with Crippen molar-refractivity contribution in [1.29, 1.82) is 0 Å². The van der Waals surface area contributed by atoms with Crippen LogP contribution < -0.4 is 5.32 Å². The Balaban J connectivity index is 2.18. The van der Waals surface area contributed by atoms with Crippen molar-refractivity contribution in [1.82, 2.24) is 20.1 Å². The Kier molecular flexibility index (Phi) is 6.43. The Labute approximate surface area is 148 Å². The average Bonchev–Trinajstić information content (AvgIpc) is 2.95. The minimum Gasteiger partial charge on any atom is -0.355 e. The highest BCUT2D eigenvalue weighted by Crippen LogP contribution is 2.28. The number of nitrogens with one attached hydrogen (secondary N) is 1. The summed E-state index contributed by atoms with van der Waals surface area (Å²) in [6, 6.07) is 8.14. The van der Waals surface area contributed by atoms with Gasteiger partial charge >= 0.3 is 0 Å². The zero-order valence-electron chi connectivity index (χ0n) is 15.0. The van der Waals surface area contributed by atoms with Crippen molar-refractivity contribution in [3.05, 3.63) is 29.8 Å². The SMILES string of the molecule is CCn1c(S[C@@H](C)C(=O)NCC(C)C)nnc1-c1ccccc1C. The molecule has 1 heterocycles. The van der Waals surface area contributed by atoms with Gasteiger partial charge in [0, 0.05) is 18.7 Å². The summed E-state index contributed by atoms with van der Waals surface area (Å²) < 4.78 is 2.07. The fourth-order valence-electron chi connectivity index (χ4n) is 2.34. The number of benzene rings is 1. The molecule has 1 aromatic carbocycles. The molecule has 0 saturated heterocycles. The van der Waals surface area contributed by atoms with E-state index in [1.54, 1.807) is 0 Å². The molecule has 0 aliphatic carbocycles. The van der Waals surface area contributed by atoms with Crippen molar-refractivity contribution in [2.75, 3.05) is 6.54 Å². The van der Waals surface area contributed by atoms with Gasteiger partial charge in [-0.2, -0.15) is 0 Å². The van der Waals surface area contributed by atoms with Crippen LogP contribution in [0.15, 0.2) is 29.4 Å². The summed E-state index contributed by atoms with van der Waals surface area (Å²) in [5.41, 5.74) is 2.24. The molecule has 6 heteroatoms. The number of nitrogens with zero attached hydrogens (tertiary/aromatic N) is 3. The Bertz CT molecular complexity index is 696. The molecule has 0 spiro atoms. The first kappa shape index (κ1) is 18.5. The normalized spacial score (nSPS) is 12.4. The van der Waals surface area contributed by atoms with E-state index in [1.807, 2.05) is 19.1 Å². The first-order chi connectivity index (χ1) is 11.4. The number of carbonyl (C=O) groups excluding carboxylic acids is 1. The summed E-state index contributed by atoms with van der Waals surface area (Å²) in [5.74, 6) is 1.34. The predicted octanol–water partition coefficient (Wildman–Crippen LogP) is 3.53. The summed E-state index contributed by atoms with van der Waals surface area (Å²) in [5, 5.41) is 12.2. The summed E-state index contributed by atoms with van der Waals surface area (Å²) >= 11 is 1.45. The van der Waals surface area contributed by atoms with Gasteiger partial charge in [-0.3, -0.25) is 4.79 Å². The molecule has 1 atom stereocenters. The van der Waals surface area contributed by atoms with Crippen LogP contribution in [0.1, 0.15) is 33.3 Å². The number of thioether (sulfide) groups is 1. The van der Waals surface area contributed by atoms with Crippen LogP contribution in [0.4, 0.5) is 0 Å². The highest BCUT2D eigenvalue weighted by atomic mass is 32.2. The fourth-order valence-corrected chi connectivity index (χ4v) is 3.28. The number of aromatic nitrogens is 3. The van der Waals surface area contributed by atoms with Crippen LogP contribution in [0.5, 0.6) is 0 Å². The molecule has 2 rings (SSSR count). The molecule has 2 aromatic rings. The molecule has 0 aliphatic heterocycles. The highest BCUT2D eigenvalue weighted by Gasteiger charge is 2.20. The maximum absolute atomic E-state index is 12.2. The molecule has 0 saturated carbocycles. The number of carbonyl (C=O) groups is 1. The van der Waals surface area contributed by atoms with E-state index in [0.717, 1.165) is 23.1 Å². The lowest BCUT2D eigenvalue weighted by Gasteiger charge is -2.14. The largest absolute Gasteiger partial charge is 0.355 e. The van der Waals surface area contributed by atoms with Gasteiger partial charge in [0.05, 0.1) is 5.25 Å². The number of hydrogen-bond acceptors (Lipinski definition) is 4. The van der Waals surface area contributed by atoms with Crippen molar-refractivity contribution < 1.29 is 4.79 Å². The summed E-state index contributed by atoms with van der Waals surface area (Å²) in [6.45, 7) is 11.7. The molecular formula is C18H26N4OS. The average molecular weight is 347 g/mol. The zero-order valence-corrected chi connectivity index (χ0v) is 15.9. The van der Waals surface area contributed by atoms with Gasteiger partial charge in [0.25, 0.3) is 0 Å². The maximum atomic E-state index is 12.2. The lowest BCUT2D eigenvalue weighted by atomic mass is 10.1. The number of rotatable bonds is 7. The number of aryl methyl sites for hydroxylation is 1. The van der Waals surface area contributed by atoms with Crippen molar-refractivity contribution in [2.45, 2.75) is 51.6 Å². The van der Waals surface area contributed by atoms with E-state index in [-0.39, 0.29) is 11.2 Å². The third-order valence-corrected chi connectivity index (χ3v) is 4.84. The van der Waals surface area contributed by atoms with Crippen LogP contribution in [0.2, 0.25) is 0 Å². The maximum Gasteiger partial charge on any atom is 0.233 e. The van der Waals surface area contributed by atoms with Crippen LogP contribution in [0.25, 0.3) is 11.4 Å². The first-order valence-electron chi connectivity index (χ1n) is 8.37. The predicted molar refractivity (Wildman–Crippen MR) is 99.0 cm³/mol. The molecule has 0 aliphatic rings. The van der Waals surface area contributed by atoms with E-state index < -0.39 is 0 Å². The van der Waals surface area contributed by atoms with Crippen molar-refractivity contribution in [3.63, 3.8) is 0 Å². The molecule has 0 unspecified atom stereocenters. The Hall–Kier alpha value is -1.82. The Morgan fingerprint density at radius 3 is 2.58 bits per heavy atom. The van der Waals surface area contributed by atoms with Crippen LogP contribution >= 0.6 is 11.8 Å². The molecular weight excluding hydrogens is 320 g/mol. The molecule has 130 valence electrons. The van der Waals surface area contributed by atoms with Crippen LogP contribution in [-0.2, 0) is 11.3 Å². The van der Waals surface area contributed by atoms with Crippen molar-refractivity contribution in [3.8, 4) is 11.4 Å². The van der Waals surface area contributed by atoms with Crippen LogP contribution in [0, 0.1) is 12.8 Å². The zero-order chi connectivity index (χ0) is 17.7. The fraction of sp³-hybridized carbons (Fsp3) is 0.500. The molecule has 0 radical (unpaired) electrons. The second kappa shape index (κ2) is 8.33. The van der Waals surface area contributed by atoms with E-state index in [0.29, 0.717) is 12.5 Å². The molecule has 0 bridgehead atoms. The minimum absolute atomic E-state index is 0.0387. The van der Waals surface area contributed by atoms with Gasteiger partial charge in [0.2, 0.25) is 5.91 Å². The summed E-state index contributed by atoms with van der Waals surface area (Å²) in [4.78, 5) is 12.2. The molecule has 1 aromatic heterocycles. The second-order valence-electron chi connectivity index (χ2n) is 6.26. The second-order valence-corrected chi connectivity index (χ2v) is 7.57. The molecule has 1 N–H and O–H groups in total. The van der Waals surface area contributed by atoms with Gasteiger partial charge in [-0.15, -0.1) is 10.2 Å². The highest BCUT2D eigenvalue weighted by molar-refractivity contribution is 8.00. The quantitative estimate of drug-likeness (QED) is 0.779. The first-order valence-corrected chi connectivity index (χ1v) is 9.25. The molecule has 1 amide bonds. The lowest BCUT2D eigenvalue weighted by Crippen LogP contribution is -2.33. The third kappa shape index (κ3) is 4.38. The molecule has 24 heavy (non-hydrogen) atoms. The Morgan fingerprint density at radius 2 is 1.96 bits per heavy atom. The number of hydrogen-bond donors (Lipinski definition) is 1. The van der Waals surface area contributed by atoms with Gasteiger partial charge < -0.3 is 9.88 Å². The van der Waals surface area contributed by atoms with Crippen molar-refractivity contribution in [2.24, 2.45) is 5.92 Å². The van der Waals surface area contributed by atoms with E-state index in [9.17, 15) is 4.79 Å². The van der Waals surface area contributed by atoms with Gasteiger partial charge in [0.1, 0.15) is 0 Å². The van der Waals surface area contributed by atoms with Gasteiger partial charge in [-0.1, -0.05) is 49.9 Å². The lowest BCUT2D eigenvalue weighted by molar-refractivity contribution is -0.120. The van der Waals surface area contributed by atoms with Crippen LogP contribution in [-0.4, -0.2) is 32.5 Å². The smallest absolute Gasteiger partial charge is 0.233 e. The standard InChI is InChI=1S/C18H26N4OS/c1-6-22-16(15-10-8-7-9-13(15)4)20-21-18(22)24-14(5)17(23)19-11-12(2)3/h7-10,12,14H,6,11H2,1-5H3,(H,19,23)/t14-/m0/s1. The topological polar surface area (TPSA) is 59.8 Å². The van der Waals surface area contributed by atoms with E-state index >= 15 is 0 Å². The molecule has 5 nitrogen and oxygen atoms in total. The van der Waals surface area contributed by atoms with Gasteiger partial charge in [-0.05, 0) is 32.3 Å². The molecule has 0 fully saturated rings. The van der Waals surface area contributed by atoms with E-state index in [1.165, 1.54) is 17.3 Å². The van der Waals surface area contributed by atoms with Gasteiger partial charge in [0.15, 0.2) is 11.0 Å². The van der Waals surface area contributed by atoms with Gasteiger partial charge in [-0.25, -0.2) is 0 Å². The van der Waals surface area contributed by atoms with E-state index in [2.05, 4.69) is 59.9 Å². The summed E-state index contributed by atoms with van der Waals surface area (Å²) in [6.07, 6.45) is 0. The van der Waals surface area contributed by atoms with Crippen LogP contribution in [0.3, 0.4) is 0 Å². The third-order valence-electron chi connectivity index (χ3n) is 3.75.